The molecule has 6 heteroatoms. The van der Waals surface area contributed by atoms with E-state index in [1.54, 1.807) is 16.7 Å². The summed E-state index contributed by atoms with van der Waals surface area (Å²) in [4.78, 5) is 31.8. The minimum atomic E-state index is -0.271. The van der Waals surface area contributed by atoms with Gasteiger partial charge in [-0.3, -0.25) is 14.2 Å². The molecule has 5 nitrogen and oxygen atoms in total. The summed E-state index contributed by atoms with van der Waals surface area (Å²) in [6.45, 7) is 7.64. The van der Waals surface area contributed by atoms with E-state index in [0.29, 0.717) is 22.6 Å². The number of carbonyl (C=O) groups is 1. The first-order chi connectivity index (χ1) is 11.6. The number of amides is 1. The standard InChI is InChI=1S/C18H21N3O2S/c1-3-10-21-17(23)14-8-4-5-9-15(14)19-18(21)24-13(2)16(22)20-11-6-7-12-20/h3-5,8-9,13H,1,6-7,10-12H2,2H3. The van der Waals surface area contributed by atoms with Gasteiger partial charge >= 0.3 is 0 Å². The van der Waals surface area contributed by atoms with Crippen molar-refractivity contribution in [2.75, 3.05) is 13.1 Å². The molecule has 0 radical (unpaired) electrons. The lowest BCUT2D eigenvalue weighted by Crippen LogP contribution is -2.34. The van der Waals surface area contributed by atoms with Crippen molar-refractivity contribution < 1.29 is 4.79 Å². The molecule has 24 heavy (non-hydrogen) atoms. The number of fused-ring (bicyclic) bond motifs is 1. The Kier molecular flexibility index (Phi) is 5.04. The van der Waals surface area contributed by atoms with E-state index in [4.69, 9.17) is 0 Å². The van der Waals surface area contributed by atoms with Crippen LogP contribution >= 0.6 is 11.8 Å². The zero-order chi connectivity index (χ0) is 17.1. The fourth-order valence-corrected chi connectivity index (χ4v) is 3.93. The molecule has 2 heterocycles. The molecule has 3 rings (SSSR count). The molecule has 1 aromatic carbocycles. The molecule has 1 unspecified atom stereocenters. The van der Waals surface area contributed by atoms with Crippen LogP contribution < -0.4 is 5.56 Å². The number of carbonyl (C=O) groups excluding carboxylic acids is 1. The highest BCUT2D eigenvalue weighted by Crippen LogP contribution is 2.25. The molecule has 0 aliphatic carbocycles. The summed E-state index contributed by atoms with van der Waals surface area (Å²) >= 11 is 1.35. The Morgan fingerprint density at radius 1 is 1.38 bits per heavy atom. The van der Waals surface area contributed by atoms with E-state index in [9.17, 15) is 9.59 Å². The van der Waals surface area contributed by atoms with Crippen LogP contribution in [0.2, 0.25) is 0 Å². The summed E-state index contributed by atoms with van der Waals surface area (Å²) in [6, 6.07) is 7.29. The van der Waals surface area contributed by atoms with Crippen molar-refractivity contribution in [2.45, 2.75) is 36.7 Å². The van der Waals surface area contributed by atoms with Crippen LogP contribution in [-0.2, 0) is 11.3 Å². The van der Waals surface area contributed by atoms with Crippen LogP contribution in [0.3, 0.4) is 0 Å². The van der Waals surface area contributed by atoms with Crippen LogP contribution in [-0.4, -0.2) is 38.7 Å². The Morgan fingerprint density at radius 3 is 2.79 bits per heavy atom. The van der Waals surface area contributed by atoms with Gasteiger partial charge in [0.1, 0.15) is 0 Å². The van der Waals surface area contributed by atoms with Gasteiger partial charge < -0.3 is 4.90 Å². The molecule has 1 aromatic heterocycles. The summed E-state index contributed by atoms with van der Waals surface area (Å²) in [5.74, 6) is 0.116. The lowest BCUT2D eigenvalue weighted by atomic mass is 10.2. The number of nitrogens with zero attached hydrogens (tertiary/aromatic N) is 3. The average molecular weight is 343 g/mol. The maximum atomic E-state index is 12.7. The van der Waals surface area contributed by atoms with Gasteiger partial charge in [0, 0.05) is 19.6 Å². The lowest BCUT2D eigenvalue weighted by molar-refractivity contribution is -0.129. The number of aromatic nitrogens is 2. The third-order valence-electron chi connectivity index (χ3n) is 4.19. The van der Waals surface area contributed by atoms with Gasteiger partial charge in [0.2, 0.25) is 5.91 Å². The largest absolute Gasteiger partial charge is 0.342 e. The third kappa shape index (κ3) is 3.24. The quantitative estimate of drug-likeness (QED) is 0.476. The Labute approximate surface area is 145 Å². The van der Waals surface area contributed by atoms with Crippen LogP contribution in [0.5, 0.6) is 0 Å². The molecule has 0 spiro atoms. The first kappa shape index (κ1) is 16.8. The Morgan fingerprint density at radius 2 is 2.08 bits per heavy atom. The summed E-state index contributed by atoms with van der Waals surface area (Å²) < 4.78 is 1.59. The third-order valence-corrected chi connectivity index (χ3v) is 5.26. The van der Waals surface area contributed by atoms with E-state index < -0.39 is 0 Å². The Hall–Kier alpha value is -2.08. The smallest absolute Gasteiger partial charge is 0.262 e. The molecule has 0 saturated carbocycles. The average Bonchev–Trinajstić information content (AvgIpc) is 3.12. The van der Waals surface area contributed by atoms with Crippen molar-refractivity contribution in [2.24, 2.45) is 0 Å². The molecular weight excluding hydrogens is 322 g/mol. The molecule has 2 aromatic rings. The monoisotopic (exact) mass is 343 g/mol. The van der Waals surface area contributed by atoms with Crippen LogP contribution in [0.1, 0.15) is 19.8 Å². The lowest BCUT2D eigenvalue weighted by Gasteiger charge is -2.20. The summed E-state index contributed by atoms with van der Waals surface area (Å²) in [6.07, 6.45) is 3.81. The molecule has 126 valence electrons. The molecule has 1 atom stereocenters. The summed E-state index contributed by atoms with van der Waals surface area (Å²) in [5, 5.41) is 0.882. The maximum absolute atomic E-state index is 12.7. The molecule has 0 bridgehead atoms. The number of thioether (sulfide) groups is 1. The number of allylic oxidation sites excluding steroid dienone is 1. The zero-order valence-corrected chi connectivity index (χ0v) is 14.6. The molecule has 1 fully saturated rings. The molecular formula is C18H21N3O2S. The maximum Gasteiger partial charge on any atom is 0.262 e. The number of hydrogen-bond acceptors (Lipinski definition) is 4. The van der Waals surface area contributed by atoms with Crippen LogP contribution in [0, 0.1) is 0 Å². The Balaban J connectivity index is 1.95. The second-order valence-electron chi connectivity index (χ2n) is 5.91. The van der Waals surface area contributed by atoms with Gasteiger partial charge in [0.25, 0.3) is 5.56 Å². The predicted molar refractivity (Wildman–Crippen MR) is 97.3 cm³/mol. The van der Waals surface area contributed by atoms with Gasteiger partial charge in [0.15, 0.2) is 5.16 Å². The van der Waals surface area contributed by atoms with Crippen LogP contribution in [0.4, 0.5) is 0 Å². The van der Waals surface area contributed by atoms with E-state index in [0.717, 1.165) is 25.9 Å². The molecule has 1 amide bonds. The van der Waals surface area contributed by atoms with Gasteiger partial charge in [-0.2, -0.15) is 0 Å². The molecule has 1 aliphatic rings. The zero-order valence-electron chi connectivity index (χ0n) is 13.8. The van der Waals surface area contributed by atoms with Crippen LogP contribution in [0.15, 0.2) is 46.9 Å². The highest BCUT2D eigenvalue weighted by molar-refractivity contribution is 8.00. The SMILES string of the molecule is C=CCn1c(SC(C)C(=O)N2CCCC2)nc2ccccc2c1=O. The summed E-state index contributed by atoms with van der Waals surface area (Å²) in [5.41, 5.74) is 0.565. The van der Waals surface area contributed by atoms with E-state index in [-0.39, 0.29) is 16.7 Å². The highest BCUT2D eigenvalue weighted by atomic mass is 32.2. The number of likely N-dealkylation sites (tertiary alicyclic amines) is 1. The van der Waals surface area contributed by atoms with E-state index in [1.807, 2.05) is 30.0 Å². The van der Waals surface area contributed by atoms with E-state index in [2.05, 4.69) is 11.6 Å². The van der Waals surface area contributed by atoms with Crippen molar-refractivity contribution in [1.82, 2.24) is 14.5 Å². The minimum absolute atomic E-state index is 0.0937. The number of para-hydroxylation sites is 1. The minimum Gasteiger partial charge on any atom is -0.342 e. The fraction of sp³-hybridized carbons (Fsp3) is 0.389. The molecule has 1 aliphatic heterocycles. The van der Waals surface area contributed by atoms with Gasteiger partial charge in [0.05, 0.1) is 16.2 Å². The number of hydrogen-bond donors (Lipinski definition) is 0. The Bertz CT molecular complexity index is 825. The second-order valence-corrected chi connectivity index (χ2v) is 7.22. The second kappa shape index (κ2) is 7.21. The van der Waals surface area contributed by atoms with Crippen molar-refractivity contribution in [3.8, 4) is 0 Å². The topological polar surface area (TPSA) is 55.2 Å². The normalized spacial score (nSPS) is 15.6. The highest BCUT2D eigenvalue weighted by Gasteiger charge is 2.25. The van der Waals surface area contributed by atoms with Gasteiger partial charge in [-0.25, -0.2) is 4.98 Å². The first-order valence-corrected chi connectivity index (χ1v) is 9.05. The van der Waals surface area contributed by atoms with Gasteiger partial charge in [-0.1, -0.05) is 30.0 Å². The molecule has 1 saturated heterocycles. The van der Waals surface area contributed by atoms with Crippen LogP contribution in [0.25, 0.3) is 10.9 Å². The van der Waals surface area contributed by atoms with Crippen molar-refractivity contribution in [3.63, 3.8) is 0 Å². The fourth-order valence-electron chi connectivity index (χ4n) is 2.93. The molecule has 0 N–H and O–H groups in total. The number of benzene rings is 1. The predicted octanol–water partition coefficient (Wildman–Crippen LogP) is 2.69. The van der Waals surface area contributed by atoms with E-state index >= 15 is 0 Å². The van der Waals surface area contributed by atoms with Gasteiger partial charge in [-0.15, -0.1) is 6.58 Å². The van der Waals surface area contributed by atoms with E-state index in [1.165, 1.54) is 11.8 Å². The van der Waals surface area contributed by atoms with Crippen molar-refractivity contribution in [3.05, 3.63) is 47.3 Å². The van der Waals surface area contributed by atoms with Gasteiger partial charge in [-0.05, 0) is 31.9 Å². The van der Waals surface area contributed by atoms with Crippen molar-refractivity contribution >= 4 is 28.6 Å². The summed E-state index contributed by atoms with van der Waals surface area (Å²) in [7, 11) is 0. The first-order valence-electron chi connectivity index (χ1n) is 8.17. The number of rotatable bonds is 5. The van der Waals surface area contributed by atoms with Crippen molar-refractivity contribution in [1.29, 1.82) is 0 Å².